The number of aromatic nitrogens is 2. The lowest BCUT2D eigenvalue weighted by molar-refractivity contribution is -0.121. The first-order valence-electron chi connectivity index (χ1n) is 10.5. The Labute approximate surface area is 170 Å². The van der Waals surface area contributed by atoms with Crippen molar-refractivity contribution in [1.82, 2.24) is 20.4 Å². The van der Waals surface area contributed by atoms with E-state index in [-0.39, 0.29) is 17.1 Å². The number of rotatable bonds is 6. The molecular formula is C22H29FN4O2. The van der Waals surface area contributed by atoms with Crippen LogP contribution in [0.25, 0.3) is 0 Å². The van der Waals surface area contributed by atoms with Gasteiger partial charge in [-0.1, -0.05) is 12.1 Å². The van der Waals surface area contributed by atoms with Gasteiger partial charge in [0, 0.05) is 51.1 Å². The largest absolute Gasteiger partial charge is 0.381 e. The van der Waals surface area contributed by atoms with Crippen molar-refractivity contribution in [2.75, 3.05) is 26.3 Å². The van der Waals surface area contributed by atoms with E-state index in [1.807, 2.05) is 10.7 Å². The number of carbonyl (C=O) groups is 1. The maximum absolute atomic E-state index is 13.8. The van der Waals surface area contributed by atoms with Gasteiger partial charge in [0.15, 0.2) is 0 Å². The van der Waals surface area contributed by atoms with Crippen molar-refractivity contribution in [2.45, 2.75) is 50.6 Å². The van der Waals surface area contributed by atoms with Crippen molar-refractivity contribution >= 4 is 5.91 Å². The molecule has 3 heterocycles. The third-order valence-electron chi connectivity index (χ3n) is 6.06. The Balaban J connectivity index is 1.35. The number of carbonyl (C=O) groups excluding carboxylic acids is 1. The molecule has 0 saturated carbocycles. The SMILES string of the molecule is O=C(CCc1cc2n(n1)CCCNC2)NCC1(c2cccc(F)c2)CCOCC1. The third-order valence-corrected chi connectivity index (χ3v) is 6.06. The van der Waals surface area contributed by atoms with Crippen LogP contribution in [0.2, 0.25) is 0 Å². The van der Waals surface area contributed by atoms with Crippen molar-refractivity contribution < 1.29 is 13.9 Å². The van der Waals surface area contributed by atoms with Gasteiger partial charge in [-0.05, 0) is 49.6 Å². The summed E-state index contributed by atoms with van der Waals surface area (Å²) in [7, 11) is 0. The summed E-state index contributed by atoms with van der Waals surface area (Å²) < 4.78 is 21.4. The summed E-state index contributed by atoms with van der Waals surface area (Å²) >= 11 is 0. The fourth-order valence-electron chi connectivity index (χ4n) is 4.29. The van der Waals surface area contributed by atoms with Gasteiger partial charge in [0.05, 0.1) is 11.4 Å². The summed E-state index contributed by atoms with van der Waals surface area (Å²) in [6.07, 6.45) is 3.65. The van der Waals surface area contributed by atoms with Crippen LogP contribution in [0.5, 0.6) is 0 Å². The highest BCUT2D eigenvalue weighted by Crippen LogP contribution is 2.34. The molecule has 0 bridgehead atoms. The minimum Gasteiger partial charge on any atom is -0.381 e. The van der Waals surface area contributed by atoms with Gasteiger partial charge in [0.25, 0.3) is 0 Å². The Morgan fingerprint density at radius 2 is 2.17 bits per heavy atom. The van der Waals surface area contributed by atoms with Crippen LogP contribution in [0, 0.1) is 5.82 Å². The third kappa shape index (κ3) is 4.85. The van der Waals surface area contributed by atoms with E-state index in [1.54, 1.807) is 12.1 Å². The Bertz CT molecular complexity index is 822. The molecule has 7 heteroatoms. The molecule has 1 fully saturated rings. The first-order valence-corrected chi connectivity index (χ1v) is 10.5. The summed E-state index contributed by atoms with van der Waals surface area (Å²) in [4.78, 5) is 12.5. The van der Waals surface area contributed by atoms with E-state index in [9.17, 15) is 9.18 Å². The van der Waals surface area contributed by atoms with Crippen molar-refractivity contribution in [3.8, 4) is 0 Å². The van der Waals surface area contributed by atoms with Crippen LogP contribution in [0.15, 0.2) is 30.3 Å². The van der Waals surface area contributed by atoms with Crippen molar-refractivity contribution in [3.63, 3.8) is 0 Å². The van der Waals surface area contributed by atoms with E-state index in [0.717, 1.165) is 50.2 Å². The first-order chi connectivity index (χ1) is 14.1. The lowest BCUT2D eigenvalue weighted by atomic mass is 9.74. The van der Waals surface area contributed by atoms with E-state index in [2.05, 4.69) is 21.8 Å². The molecule has 0 unspecified atom stereocenters. The molecule has 0 spiro atoms. The molecule has 29 heavy (non-hydrogen) atoms. The standard InChI is InChI=1S/C22H29FN4O2/c23-18-4-1-3-17(13-18)22(7-11-29-12-8-22)16-25-21(28)6-5-19-14-20-15-24-9-2-10-27(20)26-19/h1,3-4,13-14,24H,2,5-12,15-16H2,(H,25,28). The monoisotopic (exact) mass is 400 g/mol. The van der Waals surface area contributed by atoms with Crippen LogP contribution in [-0.2, 0) is 34.5 Å². The molecule has 156 valence electrons. The normalized spacial score (nSPS) is 18.7. The predicted molar refractivity (Wildman–Crippen MR) is 108 cm³/mol. The molecule has 2 aliphatic heterocycles. The summed E-state index contributed by atoms with van der Waals surface area (Å²) in [5.41, 5.74) is 2.81. The van der Waals surface area contributed by atoms with Crippen LogP contribution in [0.3, 0.4) is 0 Å². The summed E-state index contributed by atoms with van der Waals surface area (Å²) in [5.74, 6) is -0.234. The van der Waals surface area contributed by atoms with E-state index in [0.29, 0.717) is 32.6 Å². The van der Waals surface area contributed by atoms with Gasteiger partial charge in [-0.25, -0.2) is 4.39 Å². The van der Waals surface area contributed by atoms with Gasteiger partial charge in [-0.3, -0.25) is 9.48 Å². The van der Waals surface area contributed by atoms with Crippen LogP contribution in [0.1, 0.15) is 42.6 Å². The zero-order valence-electron chi connectivity index (χ0n) is 16.8. The first kappa shape index (κ1) is 20.0. The van der Waals surface area contributed by atoms with Crippen LogP contribution in [0.4, 0.5) is 4.39 Å². The Morgan fingerprint density at radius 3 is 3.00 bits per heavy atom. The molecule has 0 aliphatic carbocycles. The van der Waals surface area contributed by atoms with Gasteiger partial charge in [-0.15, -0.1) is 0 Å². The van der Waals surface area contributed by atoms with E-state index in [1.165, 1.54) is 11.8 Å². The Hall–Kier alpha value is -2.25. The number of nitrogens with zero attached hydrogens (tertiary/aromatic N) is 2. The fourth-order valence-corrected chi connectivity index (χ4v) is 4.29. The number of benzene rings is 1. The number of halogens is 1. The molecule has 0 radical (unpaired) electrons. The molecule has 1 amide bonds. The summed E-state index contributed by atoms with van der Waals surface area (Å²) in [6.45, 7) is 4.52. The lowest BCUT2D eigenvalue weighted by Gasteiger charge is -2.38. The molecule has 2 N–H and O–H groups in total. The lowest BCUT2D eigenvalue weighted by Crippen LogP contribution is -2.44. The number of fused-ring (bicyclic) bond motifs is 1. The number of hydrogen-bond donors (Lipinski definition) is 2. The Morgan fingerprint density at radius 1 is 1.31 bits per heavy atom. The smallest absolute Gasteiger partial charge is 0.220 e. The van der Waals surface area contributed by atoms with Gasteiger partial charge in [-0.2, -0.15) is 5.10 Å². The minimum absolute atomic E-state index is 0.00795. The highest BCUT2D eigenvalue weighted by molar-refractivity contribution is 5.76. The molecule has 1 saturated heterocycles. The summed E-state index contributed by atoms with van der Waals surface area (Å²) in [5, 5.41) is 11.1. The molecule has 2 aromatic rings. The molecule has 2 aliphatic rings. The average molecular weight is 400 g/mol. The second kappa shape index (κ2) is 9.05. The summed E-state index contributed by atoms with van der Waals surface area (Å²) in [6, 6.07) is 8.83. The minimum atomic E-state index is -0.270. The van der Waals surface area contributed by atoms with Gasteiger partial charge < -0.3 is 15.4 Å². The maximum Gasteiger partial charge on any atom is 0.220 e. The highest BCUT2D eigenvalue weighted by Gasteiger charge is 2.35. The zero-order valence-corrected chi connectivity index (χ0v) is 16.8. The number of aryl methyl sites for hydroxylation is 2. The second-order valence-corrected chi connectivity index (χ2v) is 8.06. The van der Waals surface area contributed by atoms with Crippen molar-refractivity contribution in [1.29, 1.82) is 0 Å². The number of ether oxygens (including phenoxy) is 1. The van der Waals surface area contributed by atoms with Crippen molar-refractivity contribution in [2.24, 2.45) is 0 Å². The second-order valence-electron chi connectivity index (χ2n) is 8.06. The van der Waals surface area contributed by atoms with Crippen molar-refractivity contribution in [3.05, 3.63) is 53.1 Å². The maximum atomic E-state index is 13.8. The predicted octanol–water partition coefficient (Wildman–Crippen LogP) is 2.31. The quantitative estimate of drug-likeness (QED) is 0.781. The molecule has 6 nitrogen and oxygen atoms in total. The van der Waals surface area contributed by atoms with E-state index in [4.69, 9.17) is 4.74 Å². The number of hydrogen-bond acceptors (Lipinski definition) is 4. The Kier molecular flexibility index (Phi) is 6.25. The van der Waals surface area contributed by atoms with Crippen LogP contribution >= 0.6 is 0 Å². The molecule has 0 atom stereocenters. The van der Waals surface area contributed by atoms with Gasteiger partial charge in [0.1, 0.15) is 5.82 Å². The molecule has 4 rings (SSSR count). The molecular weight excluding hydrogens is 371 g/mol. The van der Waals surface area contributed by atoms with E-state index < -0.39 is 0 Å². The van der Waals surface area contributed by atoms with E-state index >= 15 is 0 Å². The van der Waals surface area contributed by atoms with Gasteiger partial charge >= 0.3 is 0 Å². The molecule has 1 aromatic heterocycles. The topological polar surface area (TPSA) is 68.2 Å². The number of amides is 1. The van der Waals surface area contributed by atoms with Crippen LogP contribution in [-0.4, -0.2) is 42.0 Å². The average Bonchev–Trinajstić information content (AvgIpc) is 3.00. The fraction of sp³-hybridized carbons (Fsp3) is 0.545. The van der Waals surface area contributed by atoms with Gasteiger partial charge in [0.2, 0.25) is 5.91 Å². The number of nitrogens with one attached hydrogen (secondary N) is 2. The van der Waals surface area contributed by atoms with Crippen LogP contribution < -0.4 is 10.6 Å². The molecule has 1 aromatic carbocycles. The highest BCUT2D eigenvalue weighted by atomic mass is 19.1. The zero-order chi connectivity index (χ0) is 20.1.